The Labute approximate surface area is 182 Å². The third-order valence-corrected chi connectivity index (χ3v) is 5.27. The molecule has 32 heavy (non-hydrogen) atoms. The Morgan fingerprint density at radius 2 is 1.31 bits per heavy atom. The van der Waals surface area contributed by atoms with Gasteiger partial charge in [-0.15, -0.1) is 0 Å². The van der Waals surface area contributed by atoms with Gasteiger partial charge in [-0.25, -0.2) is 0 Å². The molecular weight excluding hydrogens is 424 g/mol. The minimum atomic E-state index is -1.88. The van der Waals surface area contributed by atoms with Crippen LogP contribution >= 0.6 is 0 Å². The number of hydrogen-bond donors (Lipinski definition) is 8. The summed E-state index contributed by atoms with van der Waals surface area (Å²) in [4.78, 5) is 24.6. The Hall–Kier alpha value is -3.54. The molecule has 1 unspecified atom stereocenters. The number of benzene rings is 2. The second-order valence-corrected chi connectivity index (χ2v) is 7.62. The lowest BCUT2D eigenvalue weighted by atomic mass is 9.91. The van der Waals surface area contributed by atoms with E-state index in [0.717, 1.165) is 36.4 Å². The van der Waals surface area contributed by atoms with Crippen LogP contribution in [0.3, 0.4) is 0 Å². The zero-order valence-electron chi connectivity index (χ0n) is 17.0. The van der Waals surface area contributed by atoms with Gasteiger partial charge >= 0.3 is 0 Å². The summed E-state index contributed by atoms with van der Waals surface area (Å²) in [5.41, 5.74) is -1.95. The van der Waals surface area contributed by atoms with Gasteiger partial charge in [-0.2, -0.15) is 0 Å². The van der Waals surface area contributed by atoms with Crippen molar-refractivity contribution in [2.24, 2.45) is 0 Å². The molecule has 1 fully saturated rings. The molecule has 2 aromatic rings. The minimum absolute atomic E-state index is 0.0140. The van der Waals surface area contributed by atoms with Crippen molar-refractivity contribution in [1.82, 2.24) is 10.6 Å². The van der Waals surface area contributed by atoms with E-state index in [2.05, 4.69) is 10.6 Å². The normalized spacial score (nSPS) is 24.8. The molecule has 1 aliphatic heterocycles. The fourth-order valence-corrected chi connectivity index (χ4v) is 3.50. The van der Waals surface area contributed by atoms with Crippen molar-refractivity contribution >= 4 is 11.8 Å². The van der Waals surface area contributed by atoms with Crippen LogP contribution < -0.4 is 10.6 Å². The lowest BCUT2D eigenvalue weighted by molar-refractivity contribution is -0.0682. The topological polar surface area (TPSA) is 189 Å². The van der Waals surface area contributed by atoms with Gasteiger partial charge in [-0.1, -0.05) is 0 Å². The number of ether oxygens (including phenoxy) is 1. The molecule has 0 radical (unpaired) electrons. The summed E-state index contributed by atoms with van der Waals surface area (Å²) >= 11 is 0. The summed E-state index contributed by atoms with van der Waals surface area (Å²) in [6, 6.07) is 6.67. The Bertz CT molecular complexity index is 988. The summed E-state index contributed by atoms with van der Waals surface area (Å²) in [6.45, 7) is 0.886. The van der Waals surface area contributed by atoms with Crippen molar-refractivity contribution in [3.8, 4) is 23.0 Å². The number of nitrogens with one attached hydrogen (secondary N) is 2. The van der Waals surface area contributed by atoms with Crippen LogP contribution in [0.2, 0.25) is 0 Å². The fraction of sp³-hybridized carbons (Fsp3) is 0.333. The quantitative estimate of drug-likeness (QED) is 0.289. The zero-order chi connectivity index (χ0) is 23.6. The first-order chi connectivity index (χ1) is 15.0. The molecule has 1 heterocycles. The molecule has 11 nitrogen and oxygen atoms in total. The van der Waals surface area contributed by atoms with Gasteiger partial charge in [0.1, 0.15) is 40.8 Å². The van der Waals surface area contributed by atoms with Gasteiger partial charge in [-0.3, -0.25) is 9.59 Å². The van der Waals surface area contributed by atoms with Crippen molar-refractivity contribution < 1.29 is 45.0 Å². The molecule has 8 N–H and O–H groups in total. The van der Waals surface area contributed by atoms with Gasteiger partial charge in [0.15, 0.2) is 0 Å². The molecule has 1 aliphatic rings. The molecular formula is C21H24N2O9. The molecule has 2 aromatic carbocycles. The van der Waals surface area contributed by atoms with E-state index < -0.39 is 42.3 Å². The number of phenolic OH excluding ortho intramolecular Hbond substituents is 4. The lowest BCUT2D eigenvalue weighted by Crippen LogP contribution is -2.56. The van der Waals surface area contributed by atoms with Gasteiger partial charge in [0.25, 0.3) is 11.8 Å². The van der Waals surface area contributed by atoms with E-state index in [9.17, 15) is 40.2 Å². The van der Waals surface area contributed by atoms with E-state index in [0.29, 0.717) is 0 Å². The highest BCUT2D eigenvalue weighted by Crippen LogP contribution is 2.31. The van der Waals surface area contributed by atoms with E-state index >= 15 is 0 Å². The van der Waals surface area contributed by atoms with Crippen molar-refractivity contribution in [3.63, 3.8) is 0 Å². The Kier molecular flexibility index (Phi) is 6.44. The van der Waals surface area contributed by atoms with Gasteiger partial charge in [0, 0.05) is 29.8 Å². The summed E-state index contributed by atoms with van der Waals surface area (Å²) in [5, 5.41) is 64.4. The molecule has 0 aliphatic carbocycles. The first-order valence-corrected chi connectivity index (χ1v) is 9.68. The zero-order valence-corrected chi connectivity index (χ0v) is 17.0. The maximum Gasteiger partial charge on any atom is 0.251 e. The van der Waals surface area contributed by atoms with Crippen LogP contribution in [0.15, 0.2) is 36.4 Å². The Morgan fingerprint density at radius 1 is 0.875 bits per heavy atom. The van der Waals surface area contributed by atoms with E-state index in [1.807, 2.05) is 0 Å². The predicted molar refractivity (Wildman–Crippen MR) is 110 cm³/mol. The number of aliphatic hydroxyl groups is 2. The molecule has 0 saturated carbocycles. The number of phenols is 4. The average molecular weight is 448 g/mol. The van der Waals surface area contributed by atoms with E-state index in [4.69, 9.17) is 4.74 Å². The second kappa shape index (κ2) is 8.91. The van der Waals surface area contributed by atoms with Gasteiger partial charge in [0.05, 0.1) is 12.6 Å². The van der Waals surface area contributed by atoms with E-state index in [1.165, 1.54) is 6.92 Å². The molecule has 1 saturated heterocycles. The first-order valence-electron chi connectivity index (χ1n) is 9.68. The maximum atomic E-state index is 12.3. The summed E-state index contributed by atoms with van der Waals surface area (Å²) < 4.78 is 5.55. The molecule has 0 bridgehead atoms. The minimum Gasteiger partial charge on any atom is -0.508 e. The number of carbonyl (C=O) groups excluding carboxylic acids is 2. The molecule has 0 spiro atoms. The SMILES string of the molecule is CC1O[C@H](CNC(=O)c2cc(O)cc(O)c2)[C@@H](O)[C@]1(O)CNC(=O)c1cc(O)cc(O)c1. The van der Waals surface area contributed by atoms with Gasteiger partial charge in [-0.05, 0) is 31.2 Å². The van der Waals surface area contributed by atoms with E-state index in [-0.39, 0.29) is 40.7 Å². The molecule has 3 rings (SSSR count). The average Bonchev–Trinajstić information content (AvgIpc) is 2.92. The molecule has 172 valence electrons. The number of rotatable bonds is 6. The van der Waals surface area contributed by atoms with Gasteiger partial charge < -0.3 is 46.0 Å². The van der Waals surface area contributed by atoms with Crippen LogP contribution in [0.1, 0.15) is 27.6 Å². The number of aromatic hydroxyl groups is 4. The largest absolute Gasteiger partial charge is 0.508 e. The standard InChI is InChI=1S/C21H24N2O9/c1-10-21(31,9-23-20(30)12-4-15(26)7-16(27)5-12)18(28)17(32-10)8-22-19(29)11-2-13(24)6-14(25)3-11/h2-7,10,17-18,24-28,31H,8-9H2,1H3,(H,22,29)(H,23,30)/t10?,17-,18-,21+/m1/s1. The fourth-order valence-electron chi connectivity index (χ4n) is 3.50. The number of amides is 2. The molecule has 4 atom stereocenters. The highest BCUT2D eigenvalue weighted by atomic mass is 16.5. The van der Waals surface area contributed by atoms with E-state index in [1.54, 1.807) is 0 Å². The molecule has 0 aromatic heterocycles. The third kappa shape index (κ3) is 4.85. The van der Waals surface area contributed by atoms with Gasteiger partial charge in [0.2, 0.25) is 0 Å². The second-order valence-electron chi connectivity index (χ2n) is 7.62. The summed E-state index contributed by atoms with van der Waals surface area (Å²) in [5.74, 6) is -2.58. The van der Waals surface area contributed by atoms with Crippen molar-refractivity contribution in [1.29, 1.82) is 0 Å². The lowest BCUT2D eigenvalue weighted by Gasteiger charge is -2.29. The van der Waals surface area contributed by atoms with Crippen molar-refractivity contribution in [2.45, 2.75) is 30.8 Å². The Balaban J connectivity index is 1.61. The predicted octanol–water partition coefficient (Wildman–Crippen LogP) is -0.452. The Morgan fingerprint density at radius 3 is 1.78 bits per heavy atom. The van der Waals surface area contributed by atoms with Crippen LogP contribution in [-0.2, 0) is 4.74 Å². The van der Waals surface area contributed by atoms with Crippen LogP contribution in [0.5, 0.6) is 23.0 Å². The van der Waals surface area contributed by atoms with Crippen LogP contribution in [0.25, 0.3) is 0 Å². The molecule has 2 amide bonds. The van der Waals surface area contributed by atoms with Crippen LogP contribution in [0, 0.1) is 0 Å². The highest BCUT2D eigenvalue weighted by Gasteiger charge is 2.53. The number of hydrogen-bond acceptors (Lipinski definition) is 9. The first kappa shape index (κ1) is 23.1. The maximum absolute atomic E-state index is 12.3. The molecule has 11 heteroatoms. The van der Waals surface area contributed by atoms with Crippen molar-refractivity contribution in [2.75, 3.05) is 13.1 Å². The highest BCUT2D eigenvalue weighted by molar-refractivity contribution is 5.95. The number of aliphatic hydroxyl groups excluding tert-OH is 1. The monoisotopic (exact) mass is 448 g/mol. The smallest absolute Gasteiger partial charge is 0.251 e. The third-order valence-electron chi connectivity index (χ3n) is 5.27. The van der Waals surface area contributed by atoms with Crippen molar-refractivity contribution in [3.05, 3.63) is 47.5 Å². The van der Waals surface area contributed by atoms with Crippen LogP contribution in [-0.4, -0.2) is 79.5 Å². The van der Waals surface area contributed by atoms with Crippen LogP contribution in [0.4, 0.5) is 0 Å². The summed E-state index contributed by atoms with van der Waals surface area (Å²) in [7, 11) is 0. The summed E-state index contributed by atoms with van der Waals surface area (Å²) in [6.07, 6.45) is -3.40. The number of carbonyl (C=O) groups is 2.